The van der Waals surface area contributed by atoms with Crippen LogP contribution in [0.3, 0.4) is 0 Å². The fourth-order valence-electron chi connectivity index (χ4n) is 6.03. The first kappa shape index (κ1) is 18.3. The molecule has 0 unspecified atom stereocenters. The van der Waals surface area contributed by atoms with E-state index in [4.69, 9.17) is 4.74 Å². The Morgan fingerprint density at radius 3 is 2.38 bits per heavy atom. The molecule has 6 nitrogen and oxygen atoms in total. The van der Waals surface area contributed by atoms with Gasteiger partial charge in [-0.3, -0.25) is 4.79 Å². The molecule has 6 rings (SSSR count). The number of carbonyl (C=O) groups is 1. The smallest absolute Gasteiger partial charge is 0.348 e. The lowest BCUT2D eigenvalue weighted by atomic mass is 9.53. The van der Waals surface area contributed by atoms with Gasteiger partial charge in [0.05, 0.1) is 5.69 Å². The summed E-state index contributed by atoms with van der Waals surface area (Å²) >= 11 is 0. The molecule has 1 heterocycles. The van der Waals surface area contributed by atoms with E-state index in [0.29, 0.717) is 11.3 Å². The quantitative estimate of drug-likeness (QED) is 0.812. The van der Waals surface area contributed by atoms with Crippen molar-refractivity contribution in [1.29, 1.82) is 0 Å². The molecule has 0 aliphatic heterocycles. The summed E-state index contributed by atoms with van der Waals surface area (Å²) in [5.41, 5.74) is 0.439. The van der Waals surface area contributed by atoms with Crippen LogP contribution in [0.1, 0.15) is 38.5 Å². The van der Waals surface area contributed by atoms with Crippen LogP contribution in [-0.4, -0.2) is 28.0 Å². The van der Waals surface area contributed by atoms with E-state index in [1.807, 2.05) is 0 Å². The second-order valence-electron chi connectivity index (χ2n) is 8.98. The normalized spacial score (nSPS) is 29.6. The number of hydrogen-bond acceptors (Lipinski definition) is 4. The molecule has 2 aromatic rings. The molecule has 4 bridgehead atoms. The molecule has 1 aromatic carbocycles. The number of halogens is 1. The molecular formula is C22H24FN3O3. The van der Waals surface area contributed by atoms with Gasteiger partial charge in [0.2, 0.25) is 5.88 Å². The highest BCUT2D eigenvalue weighted by Crippen LogP contribution is 2.55. The van der Waals surface area contributed by atoms with E-state index in [-0.39, 0.29) is 29.8 Å². The number of carbonyl (C=O) groups excluding carboxylic acids is 1. The van der Waals surface area contributed by atoms with Crippen molar-refractivity contribution in [1.82, 2.24) is 15.3 Å². The zero-order valence-electron chi connectivity index (χ0n) is 16.1. The predicted molar refractivity (Wildman–Crippen MR) is 105 cm³/mol. The third-order valence-corrected chi connectivity index (χ3v) is 6.67. The summed E-state index contributed by atoms with van der Waals surface area (Å²) in [4.78, 5) is 30.9. The first-order valence-corrected chi connectivity index (χ1v) is 10.3. The van der Waals surface area contributed by atoms with Gasteiger partial charge < -0.3 is 15.0 Å². The van der Waals surface area contributed by atoms with E-state index in [0.717, 1.165) is 37.0 Å². The third-order valence-electron chi connectivity index (χ3n) is 6.67. The molecule has 7 heteroatoms. The lowest BCUT2D eigenvalue weighted by molar-refractivity contribution is -0.128. The summed E-state index contributed by atoms with van der Waals surface area (Å²) in [6.07, 6.45) is 7.16. The summed E-state index contributed by atoms with van der Waals surface area (Å²) in [6.45, 7) is -0.180. The van der Waals surface area contributed by atoms with Gasteiger partial charge in [-0.1, -0.05) is 0 Å². The van der Waals surface area contributed by atoms with Crippen molar-refractivity contribution >= 4 is 5.91 Å². The zero-order valence-corrected chi connectivity index (χ0v) is 16.1. The van der Waals surface area contributed by atoms with Gasteiger partial charge in [0.15, 0.2) is 6.61 Å². The first-order valence-electron chi connectivity index (χ1n) is 10.3. The zero-order chi connectivity index (χ0) is 20.0. The molecular weight excluding hydrogens is 373 g/mol. The predicted octanol–water partition coefficient (Wildman–Crippen LogP) is 3.04. The highest BCUT2D eigenvalue weighted by Gasteiger charge is 2.51. The number of benzene rings is 1. The van der Waals surface area contributed by atoms with Crippen LogP contribution in [0.25, 0.3) is 11.3 Å². The van der Waals surface area contributed by atoms with Gasteiger partial charge in [-0.25, -0.2) is 9.18 Å². The number of aromatic nitrogens is 2. The number of amides is 1. The van der Waals surface area contributed by atoms with Gasteiger partial charge in [0.25, 0.3) is 5.91 Å². The van der Waals surface area contributed by atoms with Crippen molar-refractivity contribution in [2.45, 2.75) is 44.1 Å². The molecule has 1 aromatic heterocycles. The summed E-state index contributed by atoms with van der Waals surface area (Å²) in [5, 5.41) is 3.24. The minimum atomic E-state index is -0.580. The molecule has 2 N–H and O–H groups in total. The van der Waals surface area contributed by atoms with Crippen molar-refractivity contribution in [2.24, 2.45) is 17.8 Å². The fraction of sp³-hybridized carbons (Fsp3) is 0.500. The van der Waals surface area contributed by atoms with Gasteiger partial charge in [-0.2, -0.15) is 4.98 Å². The standard InChI is InChI=1S/C22H24FN3O3/c23-17-3-1-16(2-4-17)18-8-20(25-21(28)24-18)29-12-19(27)26-22-9-13-5-14(10-22)7-15(6-13)11-22/h1-4,8,13-15H,5-7,9-12H2,(H,26,27)(H,24,25,28). The summed E-state index contributed by atoms with van der Waals surface area (Å²) in [7, 11) is 0. The number of nitrogens with one attached hydrogen (secondary N) is 2. The van der Waals surface area contributed by atoms with Crippen LogP contribution in [-0.2, 0) is 4.79 Å². The topological polar surface area (TPSA) is 84.1 Å². The van der Waals surface area contributed by atoms with Gasteiger partial charge in [0.1, 0.15) is 5.82 Å². The second kappa shape index (κ2) is 6.97. The molecule has 4 aliphatic carbocycles. The Hall–Kier alpha value is -2.70. The number of hydrogen-bond donors (Lipinski definition) is 2. The highest BCUT2D eigenvalue weighted by molar-refractivity contribution is 5.78. The third kappa shape index (κ3) is 3.78. The SMILES string of the molecule is O=C(COc1cc(-c2ccc(F)cc2)[nH]c(=O)n1)NC12CC3CC(CC(C3)C1)C2. The van der Waals surface area contributed by atoms with E-state index in [1.165, 1.54) is 31.4 Å². The number of nitrogens with zero attached hydrogens (tertiary/aromatic N) is 1. The monoisotopic (exact) mass is 397 g/mol. The van der Waals surface area contributed by atoms with E-state index in [9.17, 15) is 14.0 Å². The van der Waals surface area contributed by atoms with E-state index < -0.39 is 5.69 Å². The molecule has 0 spiro atoms. The second-order valence-corrected chi connectivity index (χ2v) is 8.98. The lowest BCUT2D eigenvalue weighted by Crippen LogP contribution is -2.60. The summed E-state index contributed by atoms with van der Waals surface area (Å²) in [5.74, 6) is 1.79. The van der Waals surface area contributed by atoms with Crippen molar-refractivity contribution in [2.75, 3.05) is 6.61 Å². The van der Waals surface area contributed by atoms with Crippen LogP contribution in [0.2, 0.25) is 0 Å². The molecule has 1 amide bonds. The Balaban J connectivity index is 1.25. The average molecular weight is 397 g/mol. The fourth-order valence-corrected chi connectivity index (χ4v) is 6.03. The molecule has 4 fully saturated rings. The first-order chi connectivity index (χ1) is 14.0. The van der Waals surface area contributed by atoms with Crippen molar-refractivity contribution in [3.8, 4) is 17.1 Å². The largest absolute Gasteiger partial charge is 0.467 e. The Labute approximate surface area is 167 Å². The van der Waals surface area contributed by atoms with E-state index in [1.54, 1.807) is 18.2 Å². The van der Waals surface area contributed by atoms with Crippen LogP contribution in [0, 0.1) is 23.6 Å². The van der Waals surface area contributed by atoms with Crippen molar-refractivity contribution < 1.29 is 13.9 Å². The molecule has 29 heavy (non-hydrogen) atoms. The van der Waals surface area contributed by atoms with Crippen molar-refractivity contribution in [3.63, 3.8) is 0 Å². The molecule has 4 aliphatic rings. The van der Waals surface area contributed by atoms with Crippen LogP contribution in [0.4, 0.5) is 4.39 Å². The van der Waals surface area contributed by atoms with Gasteiger partial charge in [-0.05, 0) is 86.1 Å². The average Bonchev–Trinajstić information content (AvgIpc) is 2.65. The Bertz CT molecular complexity index is 950. The molecule has 0 saturated heterocycles. The Kier molecular flexibility index (Phi) is 4.41. The number of H-pyrrole nitrogens is 1. The number of rotatable bonds is 5. The minimum Gasteiger partial charge on any atom is -0.467 e. The maximum absolute atomic E-state index is 13.1. The number of aromatic amines is 1. The van der Waals surface area contributed by atoms with Crippen LogP contribution in [0.5, 0.6) is 5.88 Å². The van der Waals surface area contributed by atoms with Gasteiger partial charge >= 0.3 is 5.69 Å². The van der Waals surface area contributed by atoms with E-state index >= 15 is 0 Å². The molecule has 4 saturated carbocycles. The Morgan fingerprint density at radius 1 is 1.14 bits per heavy atom. The summed E-state index contributed by atoms with van der Waals surface area (Å²) < 4.78 is 18.7. The van der Waals surface area contributed by atoms with Gasteiger partial charge in [-0.15, -0.1) is 0 Å². The van der Waals surface area contributed by atoms with Crippen LogP contribution in [0.15, 0.2) is 35.1 Å². The maximum atomic E-state index is 13.1. The molecule has 0 atom stereocenters. The maximum Gasteiger partial charge on any atom is 0.348 e. The lowest BCUT2D eigenvalue weighted by Gasteiger charge is -2.56. The Morgan fingerprint density at radius 2 is 1.76 bits per heavy atom. The summed E-state index contributed by atoms with van der Waals surface area (Å²) in [6, 6.07) is 7.29. The van der Waals surface area contributed by atoms with Crippen LogP contribution >= 0.6 is 0 Å². The molecule has 0 radical (unpaired) electrons. The number of ether oxygens (including phenoxy) is 1. The molecule has 152 valence electrons. The van der Waals surface area contributed by atoms with Crippen molar-refractivity contribution in [3.05, 3.63) is 46.6 Å². The highest BCUT2D eigenvalue weighted by atomic mass is 19.1. The van der Waals surface area contributed by atoms with Gasteiger partial charge in [0, 0.05) is 11.6 Å². The van der Waals surface area contributed by atoms with E-state index in [2.05, 4.69) is 15.3 Å². The van der Waals surface area contributed by atoms with Crippen LogP contribution < -0.4 is 15.7 Å². The minimum absolute atomic E-state index is 0.0734.